The second kappa shape index (κ2) is 8.68. The number of H-pyrrole nitrogens is 1. The smallest absolute Gasteiger partial charge is 0.247 e. The zero-order valence-electron chi connectivity index (χ0n) is 17.9. The third-order valence-electron chi connectivity index (χ3n) is 4.76. The van der Waals surface area contributed by atoms with Crippen LogP contribution in [0.1, 0.15) is 0 Å². The number of hydrogen-bond acceptors (Lipinski definition) is 9. The zero-order chi connectivity index (χ0) is 24.6. The molecule has 4 aromatic heterocycles. The van der Waals surface area contributed by atoms with Gasteiger partial charge in [0.1, 0.15) is 17.1 Å². The fraction of sp³-hybridized carbons (Fsp3) is 0.0455. The van der Waals surface area contributed by atoms with E-state index in [2.05, 4.69) is 35.2 Å². The number of pyridine rings is 2. The highest BCUT2D eigenvalue weighted by atomic mass is 32.2. The summed E-state index contributed by atoms with van der Waals surface area (Å²) >= 11 is 0. The van der Waals surface area contributed by atoms with E-state index in [4.69, 9.17) is 4.74 Å². The first kappa shape index (κ1) is 22.3. The Morgan fingerprint density at radius 3 is 2.60 bits per heavy atom. The van der Waals surface area contributed by atoms with Gasteiger partial charge in [0.25, 0.3) is 0 Å². The van der Waals surface area contributed by atoms with Crippen LogP contribution in [-0.4, -0.2) is 44.6 Å². The fourth-order valence-corrected chi connectivity index (χ4v) is 3.68. The second-order valence-corrected chi connectivity index (χ2v) is 9.21. The van der Waals surface area contributed by atoms with Gasteiger partial charge in [0.2, 0.25) is 26.8 Å². The molecule has 35 heavy (non-hydrogen) atoms. The summed E-state index contributed by atoms with van der Waals surface area (Å²) in [6, 6.07) is 10.5. The van der Waals surface area contributed by atoms with Crippen molar-refractivity contribution in [3.8, 4) is 22.9 Å². The molecular formula is C22H15F2N7O3S. The molecule has 0 bridgehead atoms. The van der Waals surface area contributed by atoms with E-state index in [1.807, 2.05) is 0 Å². The molecule has 13 heteroatoms. The minimum atomic E-state index is -3.60. The van der Waals surface area contributed by atoms with Crippen molar-refractivity contribution in [2.75, 3.05) is 11.6 Å². The van der Waals surface area contributed by atoms with Crippen LogP contribution in [0.3, 0.4) is 0 Å². The number of nitrogens with zero attached hydrogens (tertiary/aromatic N) is 5. The van der Waals surface area contributed by atoms with Gasteiger partial charge in [-0.3, -0.25) is 0 Å². The summed E-state index contributed by atoms with van der Waals surface area (Å²) < 4.78 is 56.8. The summed E-state index contributed by atoms with van der Waals surface area (Å²) in [7, 11) is -3.60. The number of fused-ring (bicyclic) bond motifs is 1. The number of aromatic nitrogens is 6. The molecule has 0 aliphatic rings. The summed E-state index contributed by atoms with van der Waals surface area (Å²) in [4.78, 5) is 23.2. The van der Waals surface area contributed by atoms with E-state index >= 15 is 0 Å². The quantitative estimate of drug-likeness (QED) is 0.335. The number of ether oxygens (including phenoxy) is 1. The minimum Gasteiger partial charge on any atom is -0.437 e. The molecule has 0 unspecified atom stereocenters. The number of anilines is 2. The SMILES string of the molecule is CS(=O)(=O)c1nccc(-c2cccnc2Oc2ccc(Nc3nc4ccc(F)c(F)c4[nH]3)nc2)n1. The molecule has 0 aliphatic carbocycles. The van der Waals surface area contributed by atoms with Crippen molar-refractivity contribution < 1.29 is 21.9 Å². The number of sulfone groups is 1. The largest absolute Gasteiger partial charge is 0.437 e. The van der Waals surface area contributed by atoms with E-state index in [9.17, 15) is 17.2 Å². The molecule has 0 saturated heterocycles. The van der Waals surface area contributed by atoms with Crippen molar-refractivity contribution in [2.24, 2.45) is 0 Å². The third kappa shape index (κ3) is 4.61. The van der Waals surface area contributed by atoms with Crippen molar-refractivity contribution in [2.45, 2.75) is 5.16 Å². The molecule has 0 amide bonds. The van der Waals surface area contributed by atoms with Gasteiger partial charge in [-0.1, -0.05) is 0 Å². The van der Waals surface area contributed by atoms with Crippen LogP contribution in [0.5, 0.6) is 11.6 Å². The molecule has 1 aromatic carbocycles. The minimum absolute atomic E-state index is 0.0566. The van der Waals surface area contributed by atoms with Gasteiger partial charge in [-0.25, -0.2) is 42.1 Å². The van der Waals surface area contributed by atoms with Crippen LogP contribution in [0.2, 0.25) is 0 Å². The summed E-state index contributed by atoms with van der Waals surface area (Å²) in [5.74, 6) is -0.919. The highest BCUT2D eigenvalue weighted by Gasteiger charge is 2.16. The van der Waals surface area contributed by atoms with E-state index in [0.717, 1.165) is 12.3 Å². The summed E-state index contributed by atoms with van der Waals surface area (Å²) in [6.07, 6.45) is 5.31. The molecule has 176 valence electrons. The monoisotopic (exact) mass is 495 g/mol. The zero-order valence-corrected chi connectivity index (χ0v) is 18.7. The molecule has 0 aliphatic heterocycles. The highest BCUT2D eigenvalue weighted by Crippen LogP contribution is 2.30. The molecule has 0 atom stereocenters. The van der Waals surface area contributed by atoms with Crippen LogP contribution in [0, 0.1) is 11.6 Å². The first-order valence-electron chi connectivity index (χ1n) is 10.0. The number of aromatic amines is 1. The normalized spacial score (nSPS) is 11.5. The molecule has 0 spiro atoms. The number of nitrogens with one attached hydrogen (secondary N) is 2. The molecular weight excluding hydrogens is 480 g/mol. The molecule has 4 heterocycles. The number of benzene rings is 1. The van der Waals surface area contributed by atoms with Gasteiger partial charge in [0.05, 0.1) is 23.0 Å². The Balaban J connectivity index is 1.37. The average Bonchev–Trinajstić information content (AvgIpc) is 3.26. The van der Waals surface area contributed by atoms with Gasteiger partial charge in [0.15, 0.2) is 11.6 Å². The van der Waals surface area contributed by atoms with E-state index < -0.39 is 21.5 Å². The lowest BCUT2D eigenvalue weighted by Crippen LogP contribution is -2.04. The molecule has 5 rings (SSSR count). The molecule has 2 N–H and O–H groups in total. The lowest BCUT2D eigenvalue weighted by atomic mass is 10.2. The number of rotatable bonds is 6. The van der Waals surface area contributed by atoms with Gasteiger partial charge in [0, 0.05) is 18.6 Å². The predicted octanol–water partition coefficient (Wildman–Crippen LogP) is 4.03. The Labute approximate surface area is 197 Å². The maximum absolute atomic E-state index is 13.9. The van der Waals surface area contributed by atoms with E-state index in [1.54, 1.807) is 30.3 Å². The van der Waals surface area contributed by atoms with Gasteiger partial charge < -0.3 is 15.0 Å². The maximum Gasteiger partial charge on any atom is 0.247 e. The van der Waals surface area contributed by atoms with E-state index in [1.165, 1.54) is 24.7 Å². The Morgan fingerprint density at radius 1 is 0.971 bits per heavy atom. The third-order valence-corrected chi connectivity index (χ3v) is 5.62. The van der Waals surface area contributed by atoms with Gasteiger partial charge in [-0.15, -0.1) is 0 Å². The van der Waals surface area contributed by atoms with E-state index in [0.29, 0.717) is 22.8 Å². The molecule has 0 fully saturated rings. The fourth-order valence-electron chi connectivity index (χ4n) is 3.16. The van der Waals surface area contributed by atoms with Gasteiger partial charge in [-0.05, 0) is 42.5 Å². The maximum atomic E-state index is 13.9. The molecule has 0 radical (unpaired) electrons. The number of halogens is 2. The van der Waals surface area contributed by atoms with Crippen LogP contribution in [0.25, 0.3) is 22.3 Å². The van der Waals surface area contributed by atoms with Crippen LogP contribution in [0.15, 0.2) is 66.2 Å². The van der Waals surface area contributed by atoms with Gasteiger partial charge >= 0.3 is 0 Å². The standard InChI is InChI=1S/C22H15F2N7O3S/c1-35(32,33)22-26-10-8-15(29-22)13-3-2-9-25-20(13)34-12-4-7-17(27-11-12)30-21-28-16-6-5-14(23)18(24)19(16)31-21/h2-11H,1H3,(H2,27,28,30,31). The Bertz CT molecular complexity index is 1660. The number of hydrogen-bond donors (Lipinski definition) is 2. The lowest BCUT2D eigenvalue weighted by Gasteiger charge is -2.10. The second-order valence-electron chi connectivity index (χ2n) is 7.30. The lowest BCUT2D eigenvalue weighted by molar-refractivity contribution is 0.462. The van der Waals surface area contributed by atoms with Crippen LogP contribution in [0.4, 0.5) is 20.5 Å². The van der Waals surface area contributed by atoms with Crippen LogP contribution in [-0.2, 0) is 9.84 Å². The molecule has 0 saturated carbocycles. The topological polar surface area (TPSA) is 136 Å². The summed E-state index contributed by atoms with van der Waals surface area (Å²) in [6.45, 7) is 0. The molecule has 5 aromatic rings. The highest BCUT2D eigenvalue weighted by molar-refractivity contribution is 7.90. The van der Waals surface area contributed by atoms with Crippen molar-refractivity contribution in [3.63, 3.8) is 0 Å². The van der Waals surface area contributed by atoms with Crippen molar-refractivity contribution in [3.05, 3.63) is 72.7 Å². The van der Waals surface area contributed by atoms with Crippen molar-refractivity contribution in [1.29, 1.82) is 0 Å². The van der Waals surface area contributed by atoms with Gasteiger partial charge in [-0.2, -0.15) is 0 Å². The van der Waals surface area contributed by atoms with Crippen molar-refractivity contribution >= 4 is 32.6 Å². The Morgan fingerprint density at radius 2 is 1.83 bits per heavy atom. The number of imidazole rings is 1. The summed E-state index contributed by atoms with van der Waals surface area (Å²) in [5, 5.41) is 2.57. The predicted molar refractivity (Wildman–Crippen MR) is 122 cm³/mol. The molecule has 10 nitrogen and oxygen atoms in total. The average molecular weight is 495 g/mol. The Kier molecular flexibility index (Phi) is 5.53. The first-order valence-corrected chi connectivity index (χ1v) is 11.9. The Hall–Kier alpha value is -4.52. The summed E-state index contributed by atoms with van der Waals surface area (Å²) in [5.41, 5.74) is 0.985. The first-order chi connectivity index (χ1) is 16.8. The van der Waals surface area contributed by atoms with Crippen LogP contribution < -0.4 is 10.1 Å². The van der Waals surface area contributed by atoms with Crippen molar-refractivity contribution in [1.82, 2.24) is 29.9 Å². The van der Waals surface area contributed by atoms with E-state index in [-0.39, 0.29) is 28.0 Å². The van der Waals surface area contributed by atoms with Crippen LogP contribution >= 0.6 is 0 Å².